The van der Waals surface area contributed by atoms with Crippen LogP contribution in [0.15, 0.2) is 84.1 Å². The van der Waals surface area contributed by atoms with Crippen LogP contribution in [0.5, 0.6) is 0 Å². The maximum atomic E-state index is 13.2. The molecule has 1 saturated heterocycles. The molecule has 0 bridgehead atoms. The third kappa shape index (κ3) is 16.4. The minimum atomic E-state index is -1.14. The van der Waals surface area contributed by atoms with E-state index in [0.29, 0.717) is 12.8 Å². The van der Waals surface area contributed by atoms with Gasteiger partial charge in [-0.15, -0.1) is 0 Å². The van der Waals surface area contributed by atoms with Crippen molar-refractivity contribution in [1.29, 1.82) is 0 Å². The molecule has 2 aliphatic rings. The van der Waals surface area contributed by atoms with E-state index < -0.39 is 84.6 Å². The molecular formula is C45H72O12. The number of epoxide rings is 1. The molecule has 5 N–H and O–H groups in total. The molecule has 0 aromatic heterocycles. The summed E-state index contributed by atoms with van der Waals surface area (Å²) in [6, 6.07) is 0. The molecule has 0 spiro atoms. The van der Waals surface area contributed by atoms with Crippen molar-refractivity contribution in [1.82, 2.24) is 0 Å². The van der Waals surface area contributed by atoms with Gasteiger partial charge < -0.3 is 54.0 Å². The fourth-order valence-corrected chi connectivity index (χ4v) is 7.17. The summed E-state index contributed by atoms with van der Waals surface area (Å²) < 4.78 is 34.1. The monoisotopic (exact) mass is 805 g/mol. The van der Waals surface area contributed by atoms with Gasteiger partial charge in [-0.3, -0.25) is 0 Å². The third-order valence-corrected chi connectivity index (χ3v) is 10.8. The van der Waals surface area contributed by atoms with Crippen LogP contribution in [0.25, 0.3) is 0 Å². The zero-order valence-corrected chi connectivity index (χ0v) is 35.8. The number of rotatable bonds is 12. The molecule has 57 heavy (non-hydrogen) atoms. The SMILES string of the molecule is CCC[C@H](O)[C@@H](OC)C1OC1(C)[C@@H](O)C/C=C/[C@@H]1OC(=O)/C=C/C=C/[C@@H](OC)[C@H](O)/C=C/C(C)=C/C(C)CCC[C@@H](OC)[C@H](O)/C=C/C(C)=C/[C@@H](C)[C@H](O)[C@H]1OC. The van der Waals surface area contributed by atoms with E-state index in [1.165, 1.54) is 33.5 Å². The number of cyclic esters (lactones) is 1. The lowest BCUT2D eigenvalue weighted by atomic mass is 9.91. The first-order valence-corrected chi connectivity index (χ1v) is 20.2. The van der Waals surface area contributed by atoms with Crippen LogP contribution in [-0.4, -0.2) is 133 Å². The molecule has 0 radical (unpaired) electrons. The molecule has 1 fully saturated rings. The lowest BCUT2D eigenvalue weighted by molar-refractivity contribution is -0.152. The summed E-state index contributed by atoms with van der Waals surface area (Å²) in [5, 5.41) is 55.0. The van der Waals surface area contributed by atoms with Crippen molar-refractivity contribution in [2.75, 3.05) is 28.4 Å². The van der Waals surface area contributed by atoms with Gasteiger partial charge >= 0.3 is 5.97 Å². The van der Waals surface area contributed by atoms with Gasteiger partial charge in [0.15, 0.2) is 0 Å². The maximum absolute atomic E-state index is 13.2. The fraction of sp³-hybridized carbons (Fsp3) is 0.667. The Balaban J connectivity index is 2.42. The first kappa shape index (κ1) is 50.4. The van der Waals surface area contributed by atoms with Gasteiger partial charge in [-0.25, -0.2) is 4.79 Å². The predicted octanol–water partition coefficient (Wildman–Crippen LogP) is 5.24. The van der Waals surface area contributed by atoms with Gasteiger partial charge in [0.05, 0.1) is 30.5 Å². The van der Waals surface area contributed by atoms with Gasteiger partial charge in [0.25, 0.3) is 0 Å². The Labute approximate surface area is 341 Å². The molecule has 14 atom stereocenters. The highest BCUT2D eigenvalue weighted by Gasteiger charge is 2.61. The number of ether oxygens (including phenoxy) is 6. The smallest absolute Gasteiger partial charge is 0.331 e. The van der Waals surface area contributed by atoms with Crippen molar-refractivity contribution in [3.63, 3.8) is 0 Å². The number of methoxy groups -OCH3 is 4. The molecule has 12 nitrogen and oxygen atoms in total. The number of hydrogen-bond acceptors (Lipinski definition) is 12. The van der Waals surface area contributed by atoms with E-state index in [1.807, 2.05) is 39.8 Å². The van der Waals surface area contributed by atoms with Crippen LogP contribution in [0.4, 0.5) is 0 Å². The molecule has 0 aromatic rings. The summed E-state index contributed by atoms with van der Waals surface area (Å²) in [7, 11) is 5.99. The van der Waals surface area contributed by atoms with Gasteiger partial charge in [-0.05, 0) is 58.4 Å². The number of aliphatic hydroxyl groups is 5. The van der Waals surface area contributed by atoms with E-state index >= 15 is 0 Å². The molecule has 0 amide bonds. The van der Waals surface area contributed by atoms with Crippen LogP contribution in [0, 0.1) is 11.8 Å². The highest BCUT2D eigenvalue weighted by atomic mass is 16.6. The Hall–Kier alpha value is -2.75. The van der Waals surface area contributed by atoms with Gasteiger partial charge in [-0.2, -0.15) is 0 Å². The number of allylic oxidation sites excluding steroid dienone is 7. The van der Waals surface area contributed by atoms with Crippen LogP contribution in [0.1, 0.15) is 80.1 Å². The van der Waals surface area contributed by atoms with E-state index in [2.05, 4.69) is 13.0 Å². The summed E-state index contributed by atoms with van der Waals surface area (Å²) in [5.41, 5.74) is 0.821. The second-order valence-electron chi connectivity index (χ2n) is 15.6. The van der Waals surface area contributed by atoms with Crippen molar-refractivity contribution < 1.29 is 58.7 Å². The quantitative estimate of drug-likeness (QED) is 0.0987. The normalized spacial score (nSPS) is 38.8. The molecule has 2 rings (SSSR count). The van der Waals surface area contributed by atoms with Gasteiger partial charge in [0.2, 0.25) is 0 Å². The predicted molar refractivity (Wildman–Crippen MR) is 221 cm³/mol. The van der Waals surface area contributed by atoms with Crippen LogP contribution in [-0.2, 0) is 33.2 Å². The molecule has 324 valence electrons. The largest absolute Gasteiger partial charge is 0.452 e. The molecule has 3 unspecified atom stereocenters. The highest BCUT2D eigenvalue weighted by molar-refractivity contribution is 5.82. The average Bonchev–Trinajstić information content (AvgIpc) is 3.85. The Morgan fingerprint density at radius 3 is 2.18 bits per heavy atom. The van der Waals surface area contributed by atoms with E-state index in [1.54, 1.807) is 56.6 Å². The molecule has 2 aliphatic heterocycles. The lowest BCUT2D eigenvalue weighted by Gasteiger charge is -2.30. The number of esters is 1. The number of carbonyl (C=O) groups is 1. The standard InChI is InChI=1S/C45H72O12/c1-11-16-35(48)42(54-9)44-45(6,57-44)39(49)21-15-20-38-43(55-10)41(51)32(5)28-31(4)24-26-34(47)37(53-8)19-14-17-29(2)27-30(3)23-25-33(46)36(52-7)18-12-13-22-40(50)56-38/h12-13,15,18,20,22-29,32-39,41-44,46-49,51H,11,14,16-17,19,21H2,1-10H3/b18-12+,20-15+,22-13+,25-23+,26-24+,30-27+,31-28+/t29?,32-,33-,34-,35+,36-,37-,38+,39+,41+,42-,43+,44?,45?/m1/s1. The second-order valence-corrected chi connectivity index (χ2v) is 15.6. The van der Waals surface area contributed by atoms with E-state index in [-0.39, 0.29) is 12.3 Å². The fourth-order valence-electron chi connectivity index (χ4n) is 7.17. The van der Waals surface area contributed by atoms with Crippen molar-refractivity contribution in [2.24, 2.45) is 11.8 Å². The van der Waals surface area contributed by atoms with Gasteiger partial charge in [-0.1, -0.05) is 106 Å². The minimum absolute atomic E-state index is 0.111. The molecule has 2 heterocycles. The number of hydrogen-bond donors (Lipinski definition) is 5. The summed E-state index contributed by atoms with van der Waals surface area (Å²) in [6.07, 6.45) is 14.9. The Bertz CT molecular complexity index is 1400. The number of aliphatic hydroxyl groups excluding tert-OH is 5. The molecule has 0 aliphatic carbocycles. The third-order valence-electron chi connectivity index (χ3n) is 10.8. The highest BCUT2D eigenvalue weighted by Crippen LogP contribution is 2.44. The van der Waals surface area contributed by atoms with Crippen molar-refractivity contribution in [3.8, 4) is 0 Å². The second kappa shape index (κ2) is 25.7. The summed E-state index contributed by atoms with van der Waals surface area (Å²) in [6.45, 7) is 11.5. The molecule has 0 saturated carbocycles. The summed E-state index contributed by atoms with van der Waals surface area (Å²) >= 11 is 0. The molecule has 0 aromatic carbocycles. The Morgan fingerprint density at radius 1 is 0.895 bits per heavy atom. The van der Waals surface area contributed by atoms with Crippen molar-refractivity contribution in [2.45, 2.75) is 153 Å². The first-order valence-electron chi connectivity index (χ1n) is 20.2. The van der Waals surface area contributed by atoms with Crippen LogP contribution in [0.2, 0.25) is 0 Å². The average molecular weight is 805 g/mol. The van der Waals surface area contributed by atoms with Gasteiger partial charge in [0, 0.05) is 40.4 Å². The van der Waals surface area contributed by atoms with Crippen LogP contribution >= 0.6 is 0 Å². The van der Waals surface area contributed by atoms with E-state index in [9.17, 15) is 30.3 Å². The zero-order valence-electron chi connectivity index (χ0n) is 35.8. The van der Waals surface area contributed by atoms with Crippen LogP contribution in [0.3, 0.4) is 0 Å². The first-order chi connectivity index (χ1) is 27.1. The van der Waals surface area contributed by atoms with E-state index in [0.717, 1.165) is 30.4 Å². The Kier molecular flexibility index (Phi) is 22.7. The maximum Gasteiger partial charge on any atom is 0.331 e. The van der Waals surface area contributed by atoms with Gasteiger partial charge in [0.1, 0.15) is 42.2 Å². The summed E-state index contributed by atoms with van der Waals surface area (Å²) in [4.78, 5) is 13.2. The lowest BCUT2D eigenvalue weighted by Crippen LogP contribution is -2.43. The number of carbonyl (C=O) groups excluding carboxylic acids is 1. The van der Waals surface area contributed by atoms with Crippen molar-refractivity contribution in [3.05, 3.63) is 84.1 Å². The Morgan fingerprint density at radius 2 is 1.56 bits per heavy atom. The van der Waals surface area contributed by atoms with Crippen molar-refractivity contribution >= 4 is 5.97 Å². The molecule has 12 heteroatoms. The van der Waals surface area contributed by atoms with Crippen LogP contribution < -0.4 is 0 Å². The van der Waals surface area contributed by atoms with E-state index in [4.69, 9.17) is 28.4 Å². The zero-order chi connectivity index (χ0) is 42.7. The minimum Gasteiger partial charge on any atom is -0.452 e. The topological polar surface area (TPSA) is 177 Å². The molecular weight excluding hydrogens is 732 g/mol. The summed E-state index contributed by atoms with van der Waals surface area (Å²) in [5.74, 6) is -0.927.